The SMILES string of the molecule is C[C@H](NC(=O)C[C@H](O)[C@@H](NC(=O)Oc1ccccc1)C(F)(F)F)C(=O)O. The zero-order chi connectivity index (χ0) is 19.9. The lowest BCUT2D eigenvalue weighted by Crippen LogP contribution is -2.54. The summed E-state index contributed by atoms with van der Waals surface area (Å²) in [5, 5.41) is 21.7. The molecule has 0 aromatic heterocycles. The highest BCUT2D eigenvalue weighted by molar-refractivity contribution is 5.83. The zero-order valence-electron chi connectivity index (χ0n) is 13.5. The van der Waals surface area contributed by atoms with E-state index < -0.39 is 48.8 Å². The monoisotopic (exact) mass is 378 g/mol. The van der Waals surface area contributed by atoms with Crippen LogP contribution in [0.5, 0.6) is 5.75 Å². The summed E-state index contributed by atoms with van der Waals surface area (Å²) in [6.07, 6.45) is -9.97. The van der Waals surface area contributed by atoms with Crippen LogP contribution in [0.4, 0.5) is 18.0 Å². The number of amides is 2. The van der Waals surface area contributed by atoms with E-state index in [-0.39, 0.29) is 5.75 Å². The second-order valence-corrected chi connectivity index (χ2v) is 5.27. The van der Waals surface area contributed by atoms with Gasteiger partial charge in [-0.25, -0.2) is 4.79 Å². The first-order valence-corrected chi connectivity index (χ1v) is 7.31. The Balaban J connectivity index is 2.72. The number of aliphatic hydroxyl groups excluding tert-OH is 1. The van der Waals surface area contributed by atoms with Crippen LogP contribution in [0.15, 0.2) is 30.3 Å². The number of alkyl halides is 3. The fourth-order valence-electron chi connectivity index (χ4n) is 1.82. The Hall–Kier alpha value is -2.82. The number of carbonyl (C=O) groups excluding carboxylic acids is 2. The van der Waals surface area contributed by atoms with E-state index in [1.807, 2.05) is 5.32 Å². The van der Waals surface area contributed by atoms with Crippen molar-refractivity contribution >= 4 is 18.0 Å². The van der Waals surface area contributed by atoms with Crippen molar-refractivity contribution in [1.29, 1.82) is 0 Å². The highest BCUT2D eigenvalue weighted by Crippen LogP contribution is 2.24. The molecule has 0 aliphatic carbocycles. The van der Waals surface area contributed by atoms with E-state index in [1.165, 1.54) is 29.6 Å². The second-order valence-electron chi connectivity index (χ2n) is 5.27. The Morgan fingerprint density at radius 2 is 1.73 bits per heavy atom. The first-order chi connectivity index (χ1) is 12.0. The fourth-order valence-corrected chi connectivity index (χ4v) is 1.82. The van der Waals surface area contributed by atoms with Gasteiger partial charge in [-0.05, 0) is 19.1 Å². The number of carboxylic acids is 1. The molecular weight excluding hydrogens is 361 g/mol. The predicted molar refractivity (Wildman–Crippen MR) is 81.3 cm³/mol. The topological polar surface area (TPSA) is 125 Å². The first kappa shape index (κ1) is 21.2. The lowest BCUT2D eigenvalue weighted by molar-refractivity contribution is -0.177. The van der Waals surface area contributed by atoms with Gasteiger partial charge in [0.25, 0.3) is 0 Å². The Kier molecular flexibility index (Phi) is 7.38. The minimum atomic E-state index is -5.08. The third-order valence-corrected chi connectivity index (χ3v) is 3.11. The molecule has 11 heteroatoms. The van der Waals surface area contributed by atoms with Crippen LogP contribution in [0, 0.1) is 0 Å². The third kappa shape index (κ3) is 6.97. The van der Waals surface area contributed by atoms with Gasteiger partial charge in [-0.1, -0.05) is 18.2 Å². The molecule has 0 aliphatic heterocycles. The molecular formula is C15H17F3N2O6. The molecule has 0 heterocycles. The molecule has 0 spiro atoms. The first-order valence-electron chi connectivity index (χ1n) is 7.31. The van der Waals surface area contributed by atoms with E-state index >= 15 is 0 Å². The summed E-state index contributed by atoms with van der Waals surface area (Å²) in [4.78, 5) is 33.7. The van der Waals surface area contributed by atoms with Crippen LogP contribution in [0.1, 0.15) is 13.3 Å². The van der Waals surface area contributed by atoms with E-state index in [4.69, 9.17) is 5.11 Å². The van der Waals surface area contributed by atoms with Gasteiger partial charge in [-0.3, -0.25) is 9.59 Å². The van der Waals surface area contributed by atoms with Crippen molar-refractivity contribution in [1.82, 2.24) is 10.6 Å². The number of ether oxygens (including phenoxy) is 1. The smallest absolute Gasteiger partial charge is 0.413 e. The molecule has 4 N–H and O–H groups in total. The highest BCUT2D eigenvalue weighted by Gasteiger charge is 2.46. The quantitative estimate of drug-likeness (QED) is 0.562. The standard InChI is InChI=1S/C15H17F3N2O6/c1-8(13(23)24)19-11(22)7-10(21)12(15(16,17)18)20-14(25)26-9-5-3-2-4-6-9/h2-6,8,10,12,21H,7H2,1H3,(H,19,22)(H,20,25)(H,23,24)/t8-,10-,12+/m0/s1. The van der Waals surface area contributed by atoms with Crippen LogP contribution in [0.2, 0.25) is 0 Å². The number of aliphatic carboxylic acids is 1. The van der Waals surface area contributed by atoms with E-state index in [0.29, 0.717) is 0 Å². The molecule has 0 fully saturated rings. The number of para-hydroxylation sites is 1. The maximum atomic E-state index is 13.1. The van der Waals surface area contributed by atoms with Crippen molar-refractivity contribution in [2.45, 2.75) is 37.7 Å². The average Bonchev–Trinajstić information content (AvgIpc) is 2.52. The molecule has 1 aromatic rings. The minimum Gasteiger partial charge on any atom is -0.480 e. The molecule has 0 saturated heterocycles. The fraction of sp³-hybridized carbons (Fsp3) is 0.400. The molecule has 144 valence electrons. The second kappa shape index (κ2) is 9.04. The van der Waals surface area contributed by atoms with Gasteiger partial charge in [0, 0.05) is 0 Å². The lowest BCUT2D eigenvalue weighted by atomic mass is 10.1. The van der Waals surface area contributed by atoms with Gasteiger partial charge in [0.05, 0.1) is 12.5 Å². The number of halogens is 3. The molecule has 0 aliphatic rings. The molecule has 0 unspecified atom stereocenters. The predicted octanol–water partition coefficient (Wildman–Crippen LogP) is 1.05. The number of hydrogen-bond acceptors (Lipinski definition) is 5. The van der Waals surface area contributed by atoms with Crippen molar-refractivity contribution in [3.8, 4) is 5.75 Å². The van der Waals surface area contributed by atoms with Gasteiger partial charge in [0.2, 0.25) is 5.91 Å². The summed E-state index contributed by atoms with van der Waals surface area (Å²) in [6, 6.07) is 3.11. The van der Waals surface area contributed by atoms with Crippen molar-refractivity contribution in [3.63, 3.8) is 0 Å². The van der Waals surface area contributed by atoms with Gasteiger partial charge in [0.1, 0.15) is 11.8 Å². The number of hydrogen-bond donors (Lipinski definition) is 4. The number of rotatable bonds is 7. The summed E-state index contributed by atoms with van der Waals surface area (Å²) in [6.45, 7) is 1.10. The normalized spacial score (nSPS) is 14.7. The minimum absolute atomic E-state index is 0.0200. The van der Waals surface area contributed by atoms with Gasteiger partial charge in [-0.15, -0.1) is 0 Å². The molecule has 8 nitrogen and oxygen atoms in total. The van der Waals surface area contributed by atoms with E-state index in [9.17, 15) is 32.7 Å². The number of carboxylic acid groups (broad SMARTS) is 1. The number of benzene rings is 1. The molecule has 0 radical (unpaired) electrons. The molecule has 2 amide bonds. The van der Waals surface area contributed by atoms with Crippen LogP contribution in [-0.2, 0) is 9.59 Å². The van der Waals surface area contributed by atoms with Crippen molar-refractivity contribution in [2.24, 2.45) is 0 Å². The number of aliphatic hydroxyl groups is 1. The largest absolute Gasteiger partial charge is 0.480 e. The van der Waals surface area contributed by atoms with E-state index in [2.05, 4.69) is 4.74 Å². The van der Waals surface area contributed by atoms with Crippen LogP contribution < -0.4 is 15.4 Å². The van der Waals surface area contributed by atoms with Crippen molar-refractivity contribution < 1.29 is 42.5 Å². The van der Waals surface area contributed by atoms with Crippen LogP contribution in [-0.4, -0.2) is 52.5 Å². The Bertz CT molecular complexity index is 638. The third-order valence-electron chi connectivity index (χ3n) is 3.11. The average molecular weight is 378 g/mol. The summed E-state index contributed by atoms with van der Waals surface area (Å²) in [5.41, 5.74) is 0. The van der Waals surface area contributed by atoms with Crippen molar-refractivity contribution in [2.75, 3.05) is 0 Å². The summed E-state index contributed by atoms with van der Waals surface area (Å²) in [7, 11) is 0. The maximum Gasteiger partial charge on any atom is 0.413 e. The summed E-state index contributed by atoms with van der Waals surface area (Å²) < 4.78 is 43.8. The van der Waals surface area contributed by atoms with Gasteiger partial charge >= 0.3 is 18.2 Å². The molecule has 0 bridgehead atoms. The molecule has 0 saturated carbocycles. The summed E-state index contributed by atoms with van der Waals surface area (Å²) in [5.74, 6) is -2.54. The molecule has 1 rings (SSSR count). The summed E-state index contributed by atoms with van der Waals surface area (Å²) >= 11 is 0. The van der Waals surface area contributed by atoms with Gasteiger partial charge in [-0.2, -0.15) is 13.2 Å². The highest BCUT2D eigenvalue weighted by atomic mass is 19.4. The van der Waals surface area contributed by atoms with Crippen molar-refractivity contribution in [3.05, 3.63) is 30.3 Å². The molecule has 26 heavy (non-hydrogen) atoms. The number of nitrogens with one attached hydrogen (secondary N) is 2. The zero-order valence-corrected chi connectivity index (χ0v) is 13.5. The maximum absolute atomic E-state index is 13.1. The number of carbonyl (C=O) groups is 3. The Morgan fingerprint density at radius 3 is 2.23 bits per heavy atom. The van der Waals surface area contributed by atoms with Crippen LogP contribution in [0.3, 0.4) is 0 Å². The Morgan fingerprint density at radius 1 is 1.15 bits per heavy atom. The Labute approximate surface area is 145 Å². The van der Waals surface area contributed by atoms with E-state index in [0.717, 1.165) is 6.92 Å². The van der Waals surface area contributed by atoms with Gasteiger partial charge < -0.3 is 25.6 Å². The lowest BCUT2D eigenvalue weighted by Gasteiger charge is -2.25. The van der Waals surface area contributed by atoms with E-state index in [1.54, 1.807) is 6.07 Å². The van der Waals surface area contributed by atoms with Crippen LogP contribution >= 0.6 is 0 Å². The molecule has 3 atom stereocenters. The molecule has 1 aromatic carbocycles. The van der Waals surface area contributed by atoms with Crippen LogP contribution in [0.25, 0.3) is 0 Å². The van der Waals surface area contributed by atoms with Gasteiger partial charge in [0.15, 0.2) is 6.04 Å².